The van der Waals surface area contributed by atoms with E-state index in [0.717, 1.165) is 0 Å². The van der Waals surface area contributed by atoms with Gasteiger partial charge in [0.2, 0.25) is 0 Å². The van der Waals surface area contributed by atoms with Crippen LogP contribution in [0.1, 0.15) is 11.1 Å². The molecule has 2 aromatic rings. The highest BCUT2D eigenvalue weighted by molar-refractivity contribution is 6.35. The van der Waals surface area contributed by atoms with Gasteiger partial charge >= 0.3 is 0 Å². The average Bonchev–Trinajstić information content (AvgIpc) is 2.69. The Morgan fingerprint density at radius 3 is 2.40 bits per heavy atom. The van der Waals surface area contributed by atoms with Gasteiger partial charge in [-0.15, -0.1) is 0 Å². The van der Waals surface area contributed by atoms with Crippen LogP contribution < -0.4 is 0 Å². The number of rotatable bonds is 1. The van der Waals surface area contributed by atoms with Crippen molar-refractivity contribution in [3.05, 3.63) is 61.6 Å². The van der Waals surface area contributed by atoms with Crippen molar-refractivity contribution < 1.29 is 10.1 Å². The van der Waals surface area contributed by atoms with Gasteiger partial charge in [-0.25, -0.2) is 0 Å². The lowest BCUT2D eigenvalue weighted by Gasteiger charge is -2.02. The summed E-state index contributed by atoms with van der Waals surface area (Å²) in [6.45, 7) is 0. The summed E-state index contributed by atoms with van der Waals surface area (Å²) >= 11 is 11.8. The molecule has 0 aliphatic heterocycles. The van der Waals surface area contributed by atoms with Crippen molar-refractivity contribution in [1.82, 2.24) is 0 Å². The van der Waals surface area contributed by atoms with E-state index in [2.05, 4.69) is 5.16 Å². The molecule has 100 valence electrons. The normalized spacial score (nSPS) is 14.2. The molecule has 2 aromatic carbocycles. The summed E-state index contributed by atoms with van der Waals surface area (Å²) in [5.74, 6) is 0. The van der Waals surface area contributed by atoms with Crippen LogP contribution in [0.15, 0.2) is 35.5 Å². The van der Waals surface area contributed by atoms with Crippen LogP contribution in [0.3, 0.4) is 0 Å². The summed E-state index contributed by atoms with van der Waals surface area (Å²) in [6, 6.07) is 7.70. The van der Waals surface area contributed by atoms with E-state index >= 15 is 0 Å². The Labute approximate surface area is 123 Å². The van der Waals surface area contributed by atoms with E-state index in [-0.39, 0.29) is 16.4 Å². The third kappa shape index (κ3) is 1.75. The SMILES string of the molecule is O=[N+]([O-])c1cc(Cl)cc2c1-c1ccc(Cl)cc1C2=NO. The minimum Gasteiger partial charge on any atom is -0.410 e. The van der Waals surface area contributed by atoms with Crippen molar-refractivity contribution in [1.29, 1.82) is 0 Å². The number of hydrogen-bond acceptors (Lipinski definition) is 4. The van der Waals surface area contributed by atoms with Gasteiger partial charge in [0, 0.05) is 27.2 Å². The van der Waals surface area contributed by atoms with Gasteiger partial charge in [-0.05, 0) is 23.8 Å². The Bertz CT molecular complexity index is 787. The molecule has 5 nitrogen and oxygen atoms in total. The summed E-state index contributed by atoms with van der Waals surface area (Å²) in [6.07, 6.45) is 0. The Morgan fingerprint density at radius 1 is 1.05 bits per heavy atom. The van der Waals surface area contributed by atoms with Gasteiger partial charge in [0.1, 0.15) is 5.71 Å². The fourth-order valence-electron chi connectivity index (χ4n) is 2.39. The van der Waals surface area contributed by atoms with E-state index in [1.807, 2.05) is 0 Å². The number of halogens is 2. The highest BCUT2D eigenvalue weighted by Crippen LogP contribution is 2.44. The Hall–Kier alpha value is -2.11. The first-order valence-corrected chi connectivity index (χ1v) is 6.29. The lowest BCUT2D eigenvalue weighted by atomic mass is 10.0. The molecule has 0 saturated carbocycles. The van der Waals surface area contributed by atoms with Gasteiger partial charge in [0.05, 0.1) is 10.5 Å². The molecule has 0 radical (unpaired) electrons. The number of fused-ring (bicyclic) bond motifs is 3. The van der Waals surface area contributed by atoms with Gasteiger partial charge in [0.15, 0.2) is 0 Å². The number of nitrogens with zero attached hydrogens (tertiary/aromatic N) is 2. The molecule has 0 amide bonds. The number of nitro groups is 1. The van der Waals surface area contributed by atoms with Crippen LogP contribution in [0.5, 0.6) is 0 Å². The van der Waals surface area contributed by atoms with Crippen molar-refractivity contribution in [2.75, 3.05) is 0 Å². The first kappa shape index (κ1) is 12.9. The molecule has 1 aliphatic carbocycles. The summed E-state index contributed by atoms with van der Waals surface area (Å²) in [5.41, 5.74) is 2.04. The van der Waals surface area contributed by atoms with Gasteiger partial charge in [-0.2, -0.15) is 0 Å². The molecule has 0 heterocycles. The van der Waals surface area contributed by atoms with E-state index in [1.165, 1.54) is 12.1 Å². The summed E-state index contributed by atoms with van der Waals surface area (Å²) in [4.78, 5) is 10.7. The monoisotopic (exact) mass is 308 g/mol. The quantitative estimate of drug-likeness (QED) is 0.417. The molecule has 3 rings (SSSR count). The third-order valence-electron chi connectivity index (χ3n) is 3.14. The molecule has 0 fully saturated rings. The molecule has 0 unspecified atom stereocenters. The lowest BCUT2D eigenvalue weighted by molar-refractivity contribution is -0.384. The number of benzene rings is 2. The van der Waals surface area contributed by atoms with Crippen LogP contribution in [0.2, 0.25) is 10.0 Å². The topological polar surface area (TPSA) is 75.7 Å². The van der Waals surface area contributed by atoms with Crippen molar-refractivity contribution in [3.8, 4) is 11.1 Å². The maximum atomic E-state index is 11.2. The van der Waals surface area contributed by atoms with E-state index in [9.17, 15) is 15.3 Å². The summed E-state index contributed by atoms with van der Waals surface area (Å²) < 4.78 is 0. The zero-order chi connectivity index (χ0) is 14.4. The molecular formula is C13H6Cl2N2O3. The van der Waals surface area contributed by atoms with Crippen LogP contribution in [-0.4, -0.2) is 15.8 Å². The van der Waals surface area contributed by atoms with Crippen LogP contribution in [0.25, 0.3) is 11.1 Å². The largest absolute Gasteiger partial charge is 0.410 e. The predicted octanol–water partition coefficient (Wildman–Crippen LogP) is 4.11. The third-order valence-corrected chi connectivity index (χ3v) is 3.59. The molecule has 0 atom stereocenters. The molecule has 7 heteroatoms. The second-order valence-electron chi connectivity index (χ2n) is 4.24. The van der Waals surface area contributed by atoms with E-state index in [1.54, 1.807) is 18.2 Å². The molecule has 20 heavy (non-hydrogen) atoms. The first-order chi connectivity index (χ1) is 9.52. The Kier molecular flexibility index (Phi) is 2.88. The van der Waals surface area contributed by atoms with Gasteiger partial charge in [-0.1, -0.05) is 34.4 Å². The number of nitro benzene ring substituents is 1. The van der Waals surface area contributed by atoms with Gasteiger partial charge < -0.3 is 5.21 Å². The maximum absolute atomic E-state index is 11.2. The average molecular weight is 309 g/mol. The molecular weight excluding hydrogens is 303 g/mol. The Balaban J connectivity index is 2.44. The van der Waals surface area contributed by atoms with Crippen molar-refractivity contribution in [2.45, 2.75) is 0 Å². The fourth-order valence-corrected chi connectivity index (χ4v) is 2.77. The lowest BCUT2D eigenvalue weighted by Crippen LogP contribution is -1.99. The van der Waals surface area contributed by atoms with Crippen LogP contribution in [0, 0.1) is 10.1 Å². The predicted molar refractivity (Wildman–Crippen MR) is 76.0 cm³/mol. The van der Waals surface area contributed by atoms with E-state index in [0.29, 0.717) is 27.3 Å². The first-order valence-electron chi connectivity index (χ1n) is 5.53. The zero-order valence-electron chi connectivity index (χ0n) is 9.80. The van der Waals surface area contributed by atoms with Gasteiger partial charge in [0.25, 0.3) is 5.69 Å². The molecule has 0 spiro atoms. The smallest absolute Gasteiger partial charge is 0.279 e. The molecule has 1 N–H and O–H groups in total. The van der Waals surface area contributed by atoms with Crippen molar-refractivity contribution in [2.24, 2.45) is 5.16 Å². The standard InChI is InChI=1S/C13H6Cl2N2O3/c14-6-1-2-8-9(3-6)13(16-18)10-4-7(15)5-11(12(8)10)17(19)20/h1-5,18H. The number of hydrogen-bond donors (Lipinski definition) is 1. The minimum absolute atomic E-state index is 0.130. The Morgan fingerprint density at radius 2 is 1.75 bits per heavy atom. The maximum Gasteiger partial charge on any atom is 0.279 e. The molecule has 0 bridgehead atoms. The van der Waals surface area contributed by atoms with E-state index < -0.39 is 4.92 Å². The summed E-state index contributed by atoms with van der Waals surface area (Å²) in [5, 5.41) is 24.3. The minimum atomic E-state index is -0.511. The number of oxime groups is 1. The van der Waals surface area contributed by atoms with Crippen LogP contribution in [0.4, 0.5) is 5.69 Å². The van der Waals surface area contributed by atoms with Crippen molar-refractivity contribution in [3.63, 3.8) is 0 Å². The second-order valence-corrected chi connectivity index (χ2v) is 5.12. The van der Waals surface area contributed by atoms with Crippen LogP contribution >= 0.6 is 23.2 Å². The molecule has 0 aromatic heterocycles. The molecule has 1 aliphatic rings. The molecule has 0 saturated heterocycles. The second kappa shape index (κ2) is 4.47. The van der Waals surface area contributed by atoms with Crippen LogP contribution in [-0.2, 0) is 0 Å². The van der Waals surface area contributed by atoms with Gasteiger partial charge in [-0.3, -0.25) is 10.1 Å². The zero-order valence-corrected chi connectivity index (χ0v) is 11.3. The highest BCUT2D eigenvalue weighted by atomic mass is 35.5. The van der Waals surface area contributed by atoms with E-state index in [4.69, 9.17) is 23.2 Å². The fraction of sp³-hybridized carbons (Fsp3) is 0. The highest BCUT2D eigenvalue weighted by Gasteiger charge is 2.33. The van der Waals surface area contributed by atoms with Crippen molar-refractivity contribution >= 4 is 34.6 Å². The summed E-state index contributed by atoms with van der Waals surface area (Å²) in [7, 11) is 0.